The topological polar surface area (TPSA) is 58.6 Å². The number of nitrogens with one attached hydrogen (secondary N) is 1. The van der Waals surface area contributed by atoms with Gasteiger partial charge in [0.1, 0.15) is 5.75 Å². The van der Waals surface area contributed by atoms with E-state index in [9.17, 15) is 8.42 Å². The predicted octanol–water partition coefficient (Wildman–Crippen LogP) is 1.77. The van der Waals surface area contributed by atoms with Gasteiger partial charge in [0, 0.05) is 32.1 Å². The molecule has 1 fully saturated rings. The van der Waals surface area contributed by atoms with E-state index < -0.39 is 10.0 Å². The average Bonchev–Trinajstić information content (AvgIpc) is 2.99. The summed E-state index contributed by atoms with van der Waals surface area (Å²) < 4.78 is 30.6. The number of ether oxygens (including phenoxy) is 1. The second-order valence-corrected chi connectivity index (χ2v) is 8.59. The molecule has 1 aromatic carbocycles. The van der Waals surface area contributed by atoms with Gasteiger partial charge in [-0.2, -0.15) is 0 Å². The molecule has 2 aliphatic rings. The van der Waals surface area contributed by atoms with Gasteiger partial charge in [0.15, 0.2) is 0 Å². The Morgan fingerprint density at radius 1 is 1.39 bits per heavy atom. The number of hydrogen-bond donors (Lipinski definition) is 1. The first-order valence-electron chi connectivity index (χ1n) is 8.40. The second kappa shape index (κ2) is 6.79. The molecule has 0 spiro atoms. The number of nitrogens with zero attached hydrogens (tertiary/aromatic N) is 1. The summed E-state index contributed by atoms with van der Waals surface area (Å²) in [6.45, 7) is 5.00. The minimum atomic E-state index is -3.07. The Kier molecular flexibility index (Phi) is 4.94. The molecule has 0 bridgehead atoms. The smallest absolute Gasteiger partial charge is 0.211 e. The van der Waals surface area contributed by atoms with Crippen molar-refractivity contribution in [2.24, 2.45) is 5.92 Å². The van der Waals surface area contributed by atoms with E-state index >= 15 is 0 Å². The normalized spacial score (nSPS) is 25.1. The lowest BCUT2D eigenvalue weighted by Crippen LogP contribution is -2.50. The maximum Gasteiger partial charge on any atom is 0.211 e. The minimum absolute atomic E-state index is 0.372. The maximum absolute atomic E-state index is 11.7. The van der Waals surface area contributed by atoms with E-state index in [1.54, 1.807) is 4.31 Å². The third-order valence-electron chi connectivity index (χ3n) is 5.01. The summed E-state index contributed by atoms with van der Waals surface area (Å²) in [7, 11) is -3.07. The third kappa shape index (κ3) is 3.87. The van der Waals surface area contributed by atoms with E-state index in [0.717, 1.165) is 38.2 Å². The first-order chi connectivity index (χ1) is 11.0. The number of rotatable bonds is 5. The summed E-state index contributed by atoms with van der Waals surface area (Å²) >= 11 is 0. The highest BCUT2D eigenvalue weighted by Gasteiger charge is 2.31. The van der Waals surface area contributed by atoms with Crippen LogP contribution in [0, 0.1) is 5.92 Å². The lowest BCUT2D eigenvalue weighted by atomic mass is 9.91. The first-order valence-corrected chi connectivity index (χ1v) is 10.3. The number of fused-ring (bicyclic) bond motifs is 1. The Labute approximate surface area is 139 Å². The summed E-state index contributed by atoms with van der Waals surface area (Å²) in [4.78, 5) is 0. The van der Waals surface area contributed by atoms with Crippen molar-refractivity contribution in [1.29, 1.82) is 0 Å². The Morgan fingerprint density at radius 2 is 2.22 bits per heavy atom. The molecule has 2 aliphatic heterocycles. The van der Waals surface area contributed by atoms with Gasteiger partial charge in [-0.25, -0.2) is 12.7 Å². The highest BCUT2D eigenvalue weighted by molar-refractivity contribution is 7.88. The van der Waals surface area contributed by atoms with Crippen molar-refractivity contribution < 1.29 is 13.2 Å². The Hall–Kier alpha value is -1.11. The van der Waals surface area contributed by atoms with Crippen molar-refractivity contribution in [1.82, 2.24) is 9.62 Å². The summed E-state index contributed by atoms with van der Waals surface area (Å²) in [5.74, 6) is 1.39. The summed E-state index contributed by atoms with van der Waals surface area (Å²) in [5, 5.41) is 3.64. The van der Waals surface area contributed by atoms with Crippen LogP contribution in [-0.4, -0.2) is 44.7 Å². The van der Waals surface area contributed by atoms with Crippen LogP contribution in [0.1, 0.15) is 30.9 Å². The van der Waals surface area contributed by atoms with Gasteiger partial charge in [-0.15, -0.1) is 0 Å². The van der Waals surface area contributed by atoms with Gasteiger partial charge < -0.3 is 10.1 Å². The SMILES string of the molecule is CC[C@@H]1CN(S(C)(=O)=O)CC[C@@H]1NCc1ccc2c(c1)CCO2. The lowest BCUT2D eigenvalue weighted by Gasteiger charge is -2.37. The van der Waals surface area contributed by atoms with Crippen molar-refractivity contribution in [3.8, 4) is 5.75 Å². The Bertz CT molecular complexity index is 660. The minimum Gasteiger partial charge on any atom is -0.493 e. The van der Waals surface area contributed by atoms with Crippen LogP contribution < -0.4 is 10.1 Å². The van der Waals surface area contributed by atoms with Crippen LogP contribution in [0.4, 0.5) is 0 Å². The number of hydrogen-bond acceptors (Lipinski definition) is 4. The highest BCUT2D eigenvalue weighted by Crippen LogP contribution is 2.26. The molecule has 0 amide bonds. The largest absolute Gasteiger partial charge is 0.493 e. The number of benzene rings is 1. The zero-order chi connectivity index (χ0) is 16.4. The van der Waals surface area contributed by atoms with Crippen molar-refractivity contribution in [2.75, 3.05) is 26.0 Å². The van der Waals surface area contributed by atoms with Gasteiger partial charge in [0.2, 0.25) is 10.0 Å². The van der Waals surface area contributed by atoms with E-state index in [1.165, 1.54) is 17.4 Å². The third-order valence-corrected chi connectivity index (χ3v) is 6.28. The highest BCUT2D eigenvalue weighted by atomic mass is 32.2. The molecule has 0 saturated carbocycles. The molecule has 0 radical (unpaired) electrons. The van der Waals surface area contributed by atoms with Crippen LogP contribution >= 0.6 is 0 Å². The quantitative estimate of drug-likeness (QED) is 0.889. The van der Waals surface area contributed by atoms with Crippen LogP contribution in [-0.2, 0) is 23.0 Å². The van der Waals surface area contributed by atoms with Crippen LogP contribution in [0.25, 0.3) is 0 Å². The maximum atomic E-state index is 11.7. The van der Waals surface area contributed by atoms with Gasteiger partial charge in [0.05, 0.1) is 12.9 Å². The fourth-order valence-corrected chi connectivity index (χ4v) is 4.48. The Balaban J connectivity index is 1.59. The van der Waals surface area contributed by atoms with Crippen LogP contribution in [0.5, 0.6) is 5.75 Å². The molecule has 23 heavy (non-hydrogen) atoms. The van der Waals surface area contributed by atoms with Crippen LogP contribution in [0.2, 0.25) is 0 Å². The van der Waals surface area contributed by atoms with Crippen LogP contribution in [0.15, 0.2) is 18.2 Å². The number of piperidine rings is 1. The summed E-state index contributed by atoms with van der Waals surface area (Å²) in [5.41, 5.74) is 2.57. The molecule has 2 heterocycles. The van der Waals surface area contributed by atoms with Gasteiger partial charge in [-0.1, -0.05) is 25.5 Å². The average molecular weight is 338 g/mol. The van der Waals surface area contributed by atoms with Crippen molar-refractivity contribution in [3.05, 3.63) is 29.3 Å². The molecule has 128 valence electrons. The van der Waals surface area contributed by atoms with E-state index in [1.807, 2.05) is 0 Å². The fourth-order valence-electron chi connectivity index (χ4n) is 3.58. The molecule has 5 nitrogen and oxygen atoms in total. The molecule has 2 atom stereocenters. The summed E-state index contributed by atoms with van der Waals surface area (Å²) in [6.07, 6.45) is 4.16. The molecular formula is C17H26N2O3S. The number of sulfonamides is 1. The van der Waals surface area contributed by atoms with Crippen molar-refractivity contribution in [2.45, 2.75) is 38.8 Å². The molecule has 0 aliphatic carbocycles. The van der Waals surface area contributed by atoms with E-state index in [0.29, 0.717) is 25.0 Å². The zero-order valence-electron chi connectivity index (χ0n) is 13.9. The van der Waals surface area contributed by atoms with E-state index in [-0.39, 0.29) is 0 Å². The van der Waals surface area contributed by atoms with Crippen molar-refractivity contribution in [3.63, 3.8) is 0 Å². The molecule has 1 N–H and O–H groups in total. The zero-order valence-corrected chi connectivity index (χ0v) is 14.7. The molecule has 3 rings (SSSR count). The molecule has 1 saturated heterocycles. The molecule has 0 unspecified atom stereocenters. The fraction of sp³-hybridized carbons (Fsp3) is 0.647. The molecule has 1 aromatic rings. The Morgan fingerprint density at radius 3 is 2.96 bits per heavy atom. The molecular weight excluding hydrogens is 312 g/mol. The lowest BCUT2D eigenvalue weighted by molar-refractivity contribution is 0.202. The summed E-state index contributed by atoms with van der Waals surface area (Å²) in [6, 6.07) is 6.77. The molecule has 6 heteroatoms. The van der Waals surface area contributed by atoms with E-state index in [2.05, 4.69) is 30.4 Å². The monoisotopic (exact) mass is 338 g/mol. The first kappa shape index (κ1) is 16.7. The van der Waals surface area contributed by atoms with Crippen molar-refractivity contribution >= 4 is 10.0 Å². The van der Waals surface area contributed by atoms with Gasteiger partial charge >= 0.3 is 0 Å². The van der Waals surface area contributed by atoms with Gasteiger partial charge in [0.25, 0.3) is 0 Å². The molecule has 0 aromatic heterocycles. The van der Waals surface area contributed by atoms with E-state index in [4.69, 9.17) is 4.74 Å². The van der Waals surface area contributed by atoms with Gasteiger partial charge in [-0.3, -0.25) is 0 Å². The van der Waals surface area contributed by atoms with Gasteiger partial charge in [-0.05, 0) is 29.5 Å². The predicted molar refractivity (Wildman–Crippen MR) is 91.1 cm³/mol. The standard InChI is InChI=1S/C17H26N2O3S/c1-3-14-12-19(23(2,20)21)8-6-16(14)18-11-13-4-5-17-15(10-13)7-9-22-17/h4-5,10,14,16,18H,3,6-9,11-12H2,1-2H3/t14-,16+/m1/s1. The van der Waals surface area contributed by atoms with Crippen LogP contribution in [0.3, 0.4) is 0 Å². The second-order valence-electron chi connectivity index (χ2n) is 6.61.